The standard InChI is InChI=1S/C18H27NO/c1-14-7-10-18(11-8-14)12-9-17(18)19-13-15-3-5-16(20-2)6-4-15/h3-6,14,17,19H,7-13H2,1-2H3. The van der Waals surface area contributed by atoms with Crippen LogP contribution in [0.5, 0.6) is 5.75 Å². The quantitative estimate of drug-likeness (QED) is 0.890. The lowest BCUT2D eigenvalue weighted by Gasteiger charge is -2.53. The fourth-order valence-corrected chi connectivity index (χ4v) is 3.94. The zero-order valence-electron chi connectivity index (χ0n) is 12.8. The molecular weight excluding hydrogens is 246 g/mol. The maximum absolute atomic E-state index is 5.21. The smallest absolute Gasteiger partial charge is 0.118 e. The number of hydrogen-bond donors (Lipinski definition) is 1. The van der Waals surface area contributed by atoms with Crippen molar-refractivity contribution in [2.75, 3.05) is 7.11 Å². The predicted octanol–water partition coefficient (Wildman–Crippen LogP) is 4.14. The van der Waals surface area contributed by atoms with E-state index in [4.69, 9.17) is 4.74 Å². The van der Waals surface area contributed by atoms with Crippen molar-refractivity contribution in [1.82, 2.24) is 5.32 Å². The van der Waals surface area contributed by atoms with Crippen LogP contribution in [0.25, 0.3) is 0 Å². The molecule has 2 fully saturated rings. The van der Waals surface area contributed by atoms with Gasteiger partial charge < -0.3 is 10.1 Å². The van der Waals surface area contributed by atoms with E-state index in [0.29, 0.717) is 5.41 Å². The molecule has 0 amide bonds. The predicted molar refractivity (Wildman–Crippen MR) is 82.9 cm³/mol. The first-order valence-electron chi connectivity index (χ1n) is 8.08. The summed E-state index contributed by atoms with van der Waals surface area (Å²) in [5, 5.41) is 3.81. The summed E-state index contributed by atoms with van der Waals surface area (Å²) in [5.74, 6) is 1.89. The van der Waals surface area contributed by atoms with Crippen LogP contribution in [-0.2, 0) is 6.54 Å². The Hall–Kier alpha value is -1.02. The van der Waals surface area contributed by atoms with E-state index in [2.05, 4.69) is 36.5 Å². The molecule has 1 N–H and O–H groups in total. The molecule has 0 saturated heterocycles. The Morgan fingerprint density at radius 1 is 1.10 bits per heavy atom. The summed E-state index contributed by atoms with van der Waals surface area (Å²) in [5.41, 5.74) is 2.00. The first-order valence-corrected chi connectivity index (χ1v) is 8.08. The molecule has 110 valence electrons. The number of nitrogens with one attached hydrogen (secondary N) is 1. The van der Waals surface area contributed by atoms with Crippen molar-refractivity contribution in [3.05, 3.63) is 29.8 Å². The number of hydrogen-bond acceptors (Lipinski definition) is 2. The van der Waals surface area contributed by atoms with Gasteiger partial charge in [0.15, 0.2) is 0 Å². The molecule has 2 saturated carbocycles. The van der Waals surface area contributed by atoms with Crippen molar-refractivity contribution in [3.63, 3.8) is 0 Å². The van der Waals surface area contributed by atoms with Crippen LogP contribution in [0.15, 0.2) is 24.3 Å². The molecule has 1 unspecified atom stereocenters. The third kappa shape index (κ3) is 2.71. The fraction of sp³-hybridized carbons (Fsp3) is 0.667. The molecule has 0 bridgehead atoms. The largest absolute Gasteiger partial charge is 0.497 e. The lowest BCUT2D eigenvalue weighted by atomic mass is 9.56. The molecule has 1 atom stereocenters. The number of methoxy groups -OCH3 is 1. The average molecular weight is 273 g/mol. The maximum Gasteiger partial charge on any atom is 0.118 e. The monoisotopic (exact) mass is 273 g/mol. The molecule has 2 aliphatic rings. The van der Waals surface area contributed by atoms with E-state index in [-0.39, 0.29) is 0 Å². The van der Waals surface area contributed by atoms with Crippen LogP contribution < -0.4 is 10.1 Å². The summed E-state index contributed by atoms with van der Waals surface area (Å²) in [7, 11) is 1.72. The van der Waals surface area contributed by atoms with Crippen molar-refractivity contribution in [3.8, 4) is 5.75 Å². The van der Waals surface area contributed by atoms with Crippen molar-refractivity contribution in [1.29, 1.82) is 0 Å². The van der Waals surface area contributed by atoms with E-state index in [1.807, 2.05) is 0 Å². The van der Waals surface area contributed by atoms with Crippen molar-refractivity contribution >= 4 is 0 Å². The highest BCUT2D eigenvalue weighted by Crippen LogP contribution is 2.52. The van der Waals surface area contributed by atoms with Crippen molar-refractivity contribution < 1.29 is 4.74 Å². The van der Waals surface area contributed by atoms with Crippen LogP contribution >= 0.6 is 0 Å². The third-order valence-corrected chi connectivity index (χ3v) is 5.65. The van der Waals surface area contributed by atoms with Gasteiger partial charge in [-0.3, -0.25) is 0 Å². The van der Waals surface area contributed by atoms with Gasteiger partial charge in [0.1, 0.15) is 5.75 Å². The third-order valence-electron chi connectivity index (χ3n) is 5.65. The van der Waals surface area contributed by atoms with E-state index in [0.717, 1.165) is 24.3 Å². The maximum atomic E-state index is 5.21. The summed E-state index contributed by atoms with van der Waals surface area (Å²) in [6, 6.07) is 9.18. The molecule has 2 aliphatic carbocycles. The minimum Gasteiger partial charge on any atom is -0.497 e. The minimum atomic E-state index is 0.638. The second-order valence-electron chi connectivity index (χ2n) is 6.87. The van der Waals surface area contributed by atoms with E-state index in [1.54, 1.807) is 7.11 Å². The lowest BCUT2D eigenvalue weighted by Crippen LogP contribution is -2.54. The average Bonchev–Trinajstić information content (AvgIpc) is 2.48. The topological polar surface area (TPSA) is 21.3 Å². The molecule has 1 aromatic rings. The Morgan fingerprint density at radius 3 is 2.30 bits per heavy atom. The van der Waals surface area contributed by atoms with Crippen LogP contribution in [0.2, 0.25) is 0 Å². The van der Waals surface area contributed by atoms with Gasteiger partial charge in [0, 0.05) is 12.6 Å². The number of benzene rings is 1. The Labute approximate surface area is 122 Å². The zero-order chi connectivity index (χ0) is 14.0. The van der Waals surface area contributed by atoms with Gasteiger partial charge in [-0.2, -0.15) is 0 Å². The van der Waals surface area contributed by atoms with Gasteiger partial charge in [-0.05, 0) is 54.7 Å². The fourth-order valence-electron chi connectivity index (χ4n) is 3.94. The molecule has 3 rings (SSSR count). The summed E-state index contributed by atoms with van der Waals surface area (Å²) in [4.78, 5) is 0. The molecule has 0 aliphatic heterocycles. The highest BCUT2D eigenvalue weighted by atomic mass is 16.5. The molecule has 0 aromatic heterocycles. The summed E-state index contributed by atoms with van der Waals surface area (Å²) in [6.45, 7) is 3.40. The summed E-state index contributed by atoms with van der Waals surface area (Å²) >= 11 is 0. The molecule has 20 heavy (non-hydrogen) atoms. The van der Waals surface area contributed by atoms with Gasteiger partial charge >= 0.3 is 0 Å². The van der Waals surface area contributed by atoms with Crippen LogP contribution in [0.1, 0.15) is 51.0 Å². The van der Waals surface area contributed by atoms with Gasteiger partial charge in [0.05, 0.1) is 7.11 Å². The zero-order valence-corrected chi connectivity index (χ0v) is 12.8. The molecular formula is C18H27NO. The van der Waals surface area contributed by atoms with Gasteiger partial charge in [-0.25, -0.2) is 0 Å². The second kappa shape index (κ2) is 5.77. The van der Waals surface area contributed by atoms with Crippen LogP contribution in [0, 0.1) is 11.3 Å². The van der Waals surface area contributed by atoms with Crippen LogP contribution in [0.3, 0.4) is 0 Å². The van der Waals surface area contributed by atoms with E-state index >= 15 is 0 Å². The molecule has 1 aromatic carbocycles. The highest BCUT2D eigenvalue weighted by Gasteiger charge is 2.47. The Kier molecular flexibility index (Phi) is 4.02. The normalized spacial score (nSPS) is 32.9. The molecule has 2 nitrogen and oxygen atoms in total. The first-order chi connectivity index (χ1) is 9.72. The Bertz CT molecular complexity index is 431. The van der Waals surface area contributed by atoms with Crippen LogP contribution in [-0.4, -0.2) is 13.2 Å². The Balaban J connectivity index is 1.53. The van der Waals surface area contributed by atoms with Crippen molar-refractivity contribution in [2.45, 2.75) is 58.0 Å². The lowest BCUT2D eigenvalue weighted by molar-refractivity contribution is 0.00923. The Morgan fingerprint density at radius 2 is 1.75 bits per heavy atom. The van der Waals surface area contributed by atoms with Gasteiger partial charge in [-0.15, -0.1) is 0 Å². The summed E-state index contributed by atoms with van der Waals surface area (Å²) in [6.07, 6.45) is 8.55. The first kappa shape index (κ1) is 13.9. The molecule has 2 heteroatoms. The van der Waals surface area contributed by atoms with E-state index in [9.17, 15) is 0 Å². The van der Waals surface area contributed by atoms with Crippen LogP contribution in [0.4, 0.5) is 0 Å². The van der Waals surface area contributed by atoms with Gasteiger partial charge in [0.25, 0.3) is 0 Å². The highest BCUT2D eigenvalue weighted by molar-refractivity contribution is 5.27. The molecule has 0 radical (unpaired) electrons. The number of ether oxygens (including phenoxy) is 1. The van der Waals surface area contributed by atoms with Crippen molar-refractivity contribution in [2.24, 2.45) is 11.3 Å². The SMILES string of the molecule is COc1ccc(CNC2CCC23CCC(C)CC3)cc1. The van der Waals surface area contributed by atoms with E-state index < -0.39 is 0 Å². The number of rotatable bonds is 4. The molecule has 0 heterocycles. The minimum absolute atomic E-state index is 0.638. The van der Waals surface area contributed by atoms with Gasteiger partial charge in [0.2, 0.25) is 0 Å². The molecule has 1 spiro atoms. The van der Waals surface area contributed by atoms with Gasteiger partial charge in [-0.1, -0.05) is 31.9 Å². The summed E-state index contributed by atoms with van der Waals surface area (Å²) < 4.78 is 5.21. The van der Waals surface area contributed by atoms with E-state index in [1.165, 1.54) is 44.1 Å². The second-order valence-corrected chi connectivity index (χ2v) is 6.87.